The predicted molar refractivity (Wildman–Crippen MR) is 104 cm³/mol. The van der Waals surface area contributed by atoms with E-state index < -0.39 is 0 Å². The van der Waals surface area contributed by atoms with Gasteiger partial charge < -0.3 is 4.90 Å². The summed E-state index contributed by atoms with van der Waals surface area (Å²) in [6.07, 6.45) is 19.9. The molecular weight excluding hydrogens is 314 g/mol. The minimum Gasteiger partial charge on any atom is -0.337 e. The van der Waals surface area contributed by atoms with Gasteiger partial charge in [-0.05, 0) is 19.3 Å². The molecule has 1 rings (SSSR count). The molecule has 0 aromatic heterocycles. The summed E-state index contributed by atoms with van der Waals surface area (Å²) in [7, 11) is 0. The first-order valence-corrected chi connectivity index (χ1v) is 10.9. The van der Waals surface area contributed by atoms with E-state index in [2.05, 4.69) is 11.8 Å². The molecule has 4 nitrogen and oxygen atoms in total. The zero-order chi connectivity index (χ0) is 18.2. The fourth-order valence-corrected chi connectivity index (χ4v) is 3.86. The van der Waals surface area contributed by atoms with E-state index in [0.29, 0.717) is 6.42 Å². The van der Waals surface area contributed by atoms with Crippen LogP contribution in [0.3, 0.4) is 0 Å². The van der Waals surface area contributed by atoms with Crippen molar-refractivity contribution in [2.24, 2.45) is 0 Å². The molecule has 1 saturated heterocycles. The maximum absolute atomic E-state index is 12.2. The third kappa shape index (κ3) is 10.9. The van der Waals surface area contributed by atoms with Crippen molar-refractivity contribution < 1.29 is 14.9 Å². The maximum atomic E-state index is 12.2. The van der Waals surface area contributed by atoms with Crippen molar-refractivity contribution in [3.63, 3.8) is 0 Å². The Kier molecular flexibility index (Phi) is 14.0. The quantitative estimate of drug-likeness (QED) is 0.211. The van der Waals surface area contributed by atoms with E-state index in [4.69, 9.17) is 5.26 Å². The molecule has 1 N–H and O–H groups in total. The number of rotatable bonds is 16. The second kappa shape index (κ2) is 15.6. The molecule has 1 amide bonds. The van der Waals surface area contributed by atoms with Crippen molar-refractivity contribution in [3.05, 3.63) is 0 Å². The van der Waals surface area contributed by atoms with Gasteiger partial charge >= 0.3 is 0 Å². The first kappa shape index (κ1) is 22.4. The van der Waals surface area contributed by atoms with Crippen molar-refractivity contribution in [2.45, 2.75) is 116 Å². The Labute approximate surface area is 155 Å². The lowest BCUT2D eigenvalue weighted by Gasteiger charge is -2.23. The SMILES string of the molecule is CCCCCCCCCCCCCCCC(=O)N1CCCC1COO. The van der Waals surface area contributed by atoms with E-state index in [-0.39, 0.29) is 18.6 Å². The van der Waals surface area contributed by atoms with E-state index in [0.717, 1.165) is 32.2 Å². The molecule has 1 atom stereocenters. The van der Waals surface area contributed by atoms with Crippen molar-refractivity contribution in [3.8, 4) is 0 Å². The Morgan fingerprint density at radius 3 is 1.96 bits per heavy atom. The van der Waals surface area contributed by atoms with Crippen LogP contribution in [-0.4, -0.2) is 35.3 Å². The second-order valence-electron chi connectivity index (χ2n) is 7.67. The Morgan fingerprint density at radius 2 is 1.44 bits per heavy atom. The van der Waals surface area contributed by atoms with E-state index in [1.807, 2.05) is 4.90 Å². The Morgan fingerprint density at radius 1 is 0.920 bits per heavy atom. The second-order valence-corrected chi connectivity index (χ2v) is 7.67. The summed E-state index contributed by atoms with van der Waals surface area (Å²) in [6, 6.07) is 0.0828. The fourth-order valence-electron chi connectivity index (χ4n) is 3.86. The van der Waals surface area contributed by atoms with Crippen LogP contribution in [0.1, 0.15) is 110 Å². The molecule has 0 aromatic rings. The molecule has 0 bridgehead atoms. The van der Waals surface area contributed by atoms with Crippen LogP contribution in [0.25, 0.3) is 0 Å². The van der Waals surface area contributed by atoms with Crippen LogP contribution in [0.2, 0.25) is 0 Å². The van der Waals surface area contributed by atoms with Gasteiger partial charge in [-0.15, -0.1) is 0 Å². The van der Waals surface area contributed by atoms with E-state index in [9.17, 15) is 4.79 Å². The molecular formula is C21H41NO3. The Bertz CT molecular complexity index is 322. The van der Waals surface area contributed by atoms with Crippen molar-refractivity contribution >= 4 is 5.91 Å². The van der Waals surface area contributed by atoms with Crippen molar-refractivity contribution in [2.75, 3.05) is 13.2 Å². The van der Waals surface area contributed by atoms with Crippen LogP contribution < -0.4 is 0 Å². The molecule has 1 heterocycles. The lowest BCUT2D eigenvalue weighted by Crippen LogP contribution is -2.37. The van der Waals surface area contributed by atoms with Crippen LogP contribution in [0, 0.1) is 0 Å². The fraction of sp³-hybridized carbons (Fsp3) is 0.952. The summed E-state index contributed by atoms with van der Waals surface area (Å²) in [5, 5.41) is 8.59. The summed E-state index contributed by atoms with van der Waals surface area (Å²) in [5.41, 5.74) is 0. The summed E-state index contributed by atoms with van der Waals surface area (Å²) >= 11 is 0. The topological polar surface area (TPSA) is 49.8 Å². The Balaban J connectivity index is 1.86. The smallest absolute Gasteiger partial charge is 0.222 e. The monoisotopic (exact) mass is 355 g/mol. The number of carbonyl (C=O) groups excluding carboxylic acids is 1. The van der Waals surface area contributed by atoms with Gasteiger partial charge in [-0.1, -0.05) is 84.0 Å². The van der Waals surface area contributed by atoms with Crippen LogP contribution in [0.5, 0.6) is 0 Å². The molecule has 1 aliphatic rings. The lowest BCUT2D eigenvalue weighted by atomic mass is 10.0. The molecule has 1 aliphatic heterocycles. The minimum atomic E-state index is 0.0828. The Hall–Kier alpha value is -0.610. The summed E-state index contributed by atoms with van der Waals surface area (Å²) < 4.78 is 0. The zero-order valence-corrected chi connectivity index (χ0v) is 16.5. The molecule has 0 aliphatic carbocycles. The summed E-state index contributed by atoms with van der Waals surface area (Å²) in [4.78, 5) is 18.4. The normalized spacial score (nSPS) is 17.4. The highest BCUT2D eigenvalue weighted by Gasteiger charge is 2.28. The van der Waals surface area contributed by atoms with E-state index in [1.54, 1.807) is 0 Å². The molecule has 1 fully saturated rings. The third-order valence-corrected chi connectivity index (χ3v) is 5.46. The molecule has 148 valence electrons. The first-order chi connectivity index (χ1) is 12.3. The first-order valence-electron chi connectivity index (χ1n) is 10.9. The summed E-state index contributed by atoms with van der Waals surface area (Å²) in [6.45, 7) is 3.35. The third-order valence-electron chi connectivity index (χ3n) is 5.46. The highest BCUT2D eigenvalue weighted by molar-refractivity contribution is 5.76. The molecule has 4 heteroatoms. The largest absolute Gasteiger partial charge is 0.337 e. The zero-order valence-electron chi connectivity index (χ0n) is 16.5. The van der Waals surface area contributed by atoms with Crippen LogP contribution >= 0.6 is 0 Å². The van der Waals surface area contributed by atoms with Crippen molar-refractivity contribution in [1.82, 2.24) is 4.90 Å². The number of hydrogen-bond donors (Lipinski definition) is 1. The molecule has 0 saturated carbocycles. The number of carbonyl (C=O) groups is 1. The predicted octanol–water partition coefficient (Wildman–Crippen LogP) is 5.95. The number of nitrogens with zero attached hydrogens (tertiary/aromatic N) is 1. The average Bonchev–Trinajstić information content (AvgIpc) is 3.07. The highest BCUT2D eigenvalue weighted by Crippen LogP contribution is 2.19. The van der Waals surface area contributed by atoms with Gasteiger partial charge in [-0.3, -0.25) is 10.1 Å². The van der Waals surface area contributed by atoms with Gasteiger partial charge in [0, 0.05) is 13.0 Å². The van der Waals surface area contributed by atoms with Crippen LogP contribution in [0.15, 0.2) is 0 Å². The number of likely N-dealkylation sites (tertiary alicyclic amines) is 1. The lowest BCUT2D eigenvalue weighted by molar-refractivity contribution is -0.250. The van der Waals surface area contributed by atoms with E-state index >= 15 is 0 Å². The highest BCUT2D eigenvalue weighted by atomic mass is 17.1. The van der Waals surface area contributed by atoms with Crippen LogP contribution in [-0.2, 0) is 9.68 Å². The van der Waals surface area contributed by atoms with Gasteiger partial charge in [0.05, 0.1) is 6.04 Å². The maximum Gasteiger partial charge on any atom is 0.222 e. The molecule has 0 radical (unpaired) electrons. The van der Waals surface area contributed by atoms with Gasteiger partial charge in [-0.2, -0.15) is 0 Å². The van der Waals surface area contributed by atoms with Gasteiger partial charge in [0.2, 0.25) is 5.91 Å². The van der Waals surface area contributed by atoms with E-state index in [1.165, 1.54) is 70.6 Å². The standard InChI is InChI=1S/C21H41NO3/c1-2-3-4-5-6-7-8-9-10-11-12-13-14-17-21(23)22-18-15-16-20(22)19-25-24/h20,24H,2-19H2,1H3. The molecule has 25 heavy (non-hydrogen) atoms. The molecule has 1 unspecified atom stereocenters. The van der Waals surface area contributed by atoms with Crippen molar-refractivity contribution in [1.29, 1.82) is 0 Å². The van der Waals surface area contributed by atoms with Gasteiger partial charge in [0.1, 0.15) is 6.61 Å². The number of amides is 1. The number of unbranched alkanes of at least 4 members (excludes halogenated alkanes) is 12. The summed E-state index contributed by atoms with van der Waals surface area (Å²) in [5.74, 6) is 0.239. The van der Waals surface area contributed by atoms with Gasteiger partial charge in [0.15, 0.2) is 0 Å². The van der Waals surface area contributed by atoms with Gasteiger partial charge in [-0.25, -0.2) is 4.89 Å². The van der Waals surface area contributed by atoms with Crippen LogP contribution in [0.4, 0.5) is 0 Å². The average molecular weight is 356 g/mol. The van der Waals surface area contributed by atoms with Gasteiger partial charge in [0.25, 0.3) is 0 Å². The minimum absolute atomic E-state index is 0.0828. The number of hydrogen-bond acceptors (Lipinski definition) is 3. The molecule has 0 aromatic carbocycles. The molecule has 0 spiro atoms.